The summed E-state index contributed by atoms with van der Waals surface area (Å²) in [6.07, 6.45) is 1.72. The fourth-order valence-corrected chi connectivity index (χ4v) is 5.18. The molecule has 0 aliphatic carbocycles. The van der Waals surface area contributed by atoms with E-state index in [-0.39, 0.29) is 11.1 Å². The molecule has 2 aromatic carbocycles. The Morgan fingerprint density at radius 1 is 0.526 bits per heavy atom. The van der Waals surface area contributed by atoms with Gasteiger partial charge in [-0.15, -0.1) is 0 Å². The first-order chi connectivity index (χ1) is 17.7. The summed E-state index contributed by atoms with van der Waals surface area (Å²) in [4.78, 5) is 9.53. The van der Waals surface area contributed by atoms with Crippen molar-refractivity contribution in [3.05, 3.63) is 82.4 Å². The van der Waals surface area contributed by atoms with E-state index in [1.165, 1.54) is 33.6 Å². The molecule has 4 nitrogen and oxygen atoms in total. The molecule has 0 fully saturated rings. The largest absolute Gasteiger partial charge is 0.374 e. The van der Waals surface area contributed by atoms with Crippen LogP contribution in [0.2, 0.25) is 0 Å². The Hall–Kier alpha value is -2.88. The third kappa shape index (κ3) is 6.39. The molecule has 0 amide bonds. The lowest BCUT2D eigenvalue weighted by Crippen LogP contribution is -2.34. The minimum Gasteiger partial charge on any atom is -0.374 e. The van der Waals surface area contributed by atoms with Crippen LogP contribution in [-0.4, -0.2) is 9.97 Å². The van der Waals surface area contributed by atoms with E-state index in [1.807, 2.05) is 0 Å². The van der Waals surface area contributed by atoms with E-state index in [2.05, 4.69) is 136 Å². The van der Waals surface area contributed by atoms with Gasteiger partial charge in [0.25, 0.3) is 0 Å². The molecule has 0 aliphatic heterocycles. The van der Waals surface area contributed by atoms with E-state index in [0.717, 1.165) is 11.4 Å². The van der Waals surface area contributed by atoms with Crippen molar-refractivity contribution >= 4 is 11.4 Å². The van der Waals surface area contributed by atoms with Crippen molar-refractivity contribution in [3.63, 3.8) is 0 Å². The van der Waals surface area contributed by atoms with E-state index in [1.54, 1.807) is 6.33 Å². The van der Waals surface area contributed by atoms with Crippen LogP contribution < -0.4 is 10.6 Å². The first kappa shape index (κ1) is 29.7. The van der Waals surface area contributed by atoms with E-state index >= 15 is 0 Å². The van der Waals surface area contributed by atoms with Crippen LogP contribution >= 0.6 is 0 Å². The van der Waals surface area contributed by atoms with Crippen molar-refractivity contribution in [3.8, 4) is 0 Å². The maximum absolute atomic E-state index is 4.77. The molecule has 0 bridgehead atoms. The van der Waals surface area contributed by atoms with Crippen LogP contribution in [0.5, 0.6) is 0 Å². The molecule has 4 heteroatoms. The molecule has 38 heavy (non-hydrogen) atoms. The SMILES string of the molecule is CC(C)c1cccc(C(C)C)c1NC(C)(C)c1cc(C(C)(C)Nc2c(C(C)C)cccc2C(C)C)ncn1. The van der Waals surface area contributed by atoms with Gasteiger partial charge in [-0.2, -0.15) is 0 Å². The second-order valence-corrected chi connectivity index (χ2v) is 13.0. The van der Waals surface area contributed by atoms with Crippen LogP contribution in [0.1, 0.15) is 140 Å². The van der Waals surface area contributed by atoms with Crippen LogP contribution in [-0.2, 0) is 11.1 Å². The van der Waals surface area contributed by atoms with Gasteiger partial charge in [-0.25, -0.2) is 9.97 Å². The van der Waals surface area contributed by atoms with Crippen molar-refractivity contribution in [2.24, 2.45) is 0 Å². The topological polar surface area (TPSA) is 49.8 Å². The predicted octanol–water partition coefficient (Wildman–Crippen LogP) is 9.66. The number of hydrogen-bond donors (Lipinski definition) is 2. The summed E-state index contributed by atoms with van der Waals surface area (Å²) in [6, 6.07) is 15.5. The first-order valence-corrected chi connectivity index (χ1v) is 14.3. The molecule has 0 atom stereocenters. The summed E-state index contributed by atoms with van der Waals surface area (Å²) >= 11 is 0. The molecule has 0 radical (unpaired) electrons. The highest BCUT2D eigenvalue weighted by atomic mass is 15.0. The molecule has 1 heterocycles. The van der Waals surface area contributed by atoms with Crippen LogP contribution in [0.4, 0.5) is 11.4 Å². The van der Waals surface area contributed by atoms with Crippen molar-refractivity contribution in [1.29, 1.82) is 0 Å². The molecule has 0 saturated heterocycles. The Bertz CT molecular complexity index is 1090. The monoisotopic (exact) mass is 514 g/mol. The third-order valence-electron chi connectivity index (χ3n) is 7.57. The molecular formula is C34H50N4. The number of para-hydroxylation sites is 2. The van der Waals surface area contributed by atoms with Crippen LogP contribution in [0.3, 0.4) is 0 Å². The van der Waals surface area contributed by atoms with Gasteiger partial charge < -0.3 is 10.6 Å². The van der Waals surface area contributed by atoms with Gasteiger partial charge in [0.15, 0.2) is 0 Å². The lowest BCUT2D eigenvalue weighted by Gasteiger charge is -2.34. The molecule has 2 N–H and O–H groups in total. The lowest BCUT2D eigenvalue weighted by atomic mass is 9.88. The summed E-state index contributed by atoms with van der Waals surface area (Å²) in [5, 5.41) is 7.80. The third-order valence-corrected chi connectivity index (χ3v) is 7.57. The molecule has 0 unspecified atom stereocenters. The predicted molar refractivity (Wildman–Crippen MR) is 165 cm³/mol. The Morgan fingerprint density at radius 2 is 0.816 bits per heavy atom. The summed E-state index contributed by atoms with van der Waals surface area (Å²) in [5.41, 5.74) is 9.00. The number of aromatic nitrogens is 2. The summed E-state index contributed by atoms with van der Waals surface area (Å²) < 4.78 is 0. The van der Waals surface area contributed by atoms with E-state index in [4.69, 9.17) is 9.97 Å². The number of hydrogen-bond acceptors (Lipinski definition) is 4. The van der Waals surface area contributed by atoms with Crippen LogP contribution in [0.15, 0.2) is 48.8 Å². The second-order valence-electron chi connectivity index (χ2n) is 13.0. The van der Waals surface area contributed by atoms with Gasteiger partial charge in [-0.1, -0.05) is 91.8 Å². The van der Waals surface area contributed by atoms with Crippen molar-refractivity contribution in [1.82, 2.24) is 9.97 Å². The zero-order valence-electron chi connectivity index (χ0n) is 25.8. The van der Waals surface area contributed by atoms with Gasteiger partial charge in [-0.3, -0.25) is 0 Å². The molecule has 3 rings (SSSR count). The van der Waals surface area contributed by atoms with Gasteiger partial charge in [-0.05, 0) is 79.7 Å². The maximum atomic E-state index is 4.77. The average molecular weight is 515 g/mol. The number of nitrogens with one attached hydrogen (secondary N) is 2. The highest BCUT2D eigenvalue weighted by Crippen LogP contribution is 2.39. The maximum Gasteiger partial charge on any atom is 0.116 e. The number of nitrogens with zero attached hydrogens (tertiary/aromatic N) is 2. The molecule has 0 spiro atoms. The summed E-state index contributed by atoms with van der Waals surface area (Å²) in [6.45, 7) is 26.9. The van der Waals surface area contributed by atoms with Gasteiger partial charge in [0, 0.05) is 11.4 Å². The molecule has 0 aliphatic rings. The molecular weight excluding hydrogens is 464 g/mol. The zero-order chi connectivity index (χ0) is 28.4. The van der Waals surface area contributed by atoms with Gasteiger partial charge in [0.05, 0.1) is 22.5 Å². The van der Waals surface area contributed by atoms with Crippen molar-refractivity contribution in [2.75, 3.05) is 10.6 Å². The normalized spacial score (nSPS) is 12.6. The van der Waals surface area contributed by atoms with E-state index in [9.17, 15) is 0 Å². The average Bonchev–Trinajstić information content (AvgIpc) is 2.83. The van der Waals surface area contributed by atoms with E-state index in [0.29, 0.717) is 23.7 Å². The quantitative estimate of drug-likeness (QED) is 0.283. The number of anilines is 2. The molecule has 3 aromatic rings. The fraction of sp³-hybridized carbons (Fsp3) is 0.529. The van der Waals surface area contributed by atoms with Gasteiger partial charge >= 0.3 is 0 Å². The Morgan fingerprint density at radius 3 is 1.08 bits per heavy atom. The number of rotatable bonds is 10. The fourth-order valence-electron chi connectivity index (χ4n) is 5.18. The van der Waals surface area contributed by atoms with Gasteiger partial charge in [0.1, 0.15) is 6.33 Å². The summed E-state index contributed by atoms with van der Waals surface area (Å²) in [7, 11) is 0. The van der Waals surface area contributed by atoms with Crippen LogP contribution in [0.25, 0.3) is 0 Å². The van der Waals surface area contributed by atoms with Crippen molar-refractivity contribution < 1.29 is 0 Å². The van der Waals surface area contributed by atoms with E-state index < -0.39 is 0 Å². The Balaban J connectivity index is 2.02. The Labute approximate surface area is 232 Å². The lowest BCUT2D eigenvalue weighted by molar-refractivity contribution is 0.551. The first-order valence-electron chi connectivity index (χ1n) is 14.3. The minimum atomic E-state index is -0.388. The highest BCUT2D eigenvalue weighted by Gasteiger charge is 2.30. The minimum absolute atomic E-state index is 0.388. The standard InChI is InChI=1S/C34H50N4/c1-21(2)25-15-13-16-26(22(3)4)31(25)37-33(9,10)29-19-30(36-20-35-29)34(11,12)38-32-27(23(5)6)17-14-18-28(32)24(7)8/h13-24,37-38H,1-12H3. The molecule has 0 saturated carbocycles. The molecule has 1 aromatic heterocycles. The number of benzene rings is 2. The highest BCUT2D eigenvalue weighted by molar-refractivity contribution is 5.63. The Kier molecular flexibility index (Phi) is 8.96. The summed E-state index contributed by atoms with van der Waals surface area (Å²) in [5.74, 6) is 1.69. The van der Waals surface area contributed by atoms with Gasteiger partial charge in [0.2, 0.25) is 0 Å². The van der Waals surface area contributed by atoms with Crippen LogP contribution in [0, 0.1) is 0 Å². The zero-order valence-corrected chi connectivity index (χ0v) is 25.8. The van der Waals surface area contributed by atoms with Crippen molar-refractivity contribution in [2.45, 2.75) is 118 Å². The smallest absolute Gasteiger partial charge is 0.116 e. The molecule has 206 valence electrons. The second kappa shape index (κ2) is 11.5.